The lowest BCUT2D eigenvalue weighted by Gasteiger charge is -2.16. The van der Waals surface area contributed by atoms with Crippen LogP contribution in [0, 0.1) is 0 Å². The van der Waals surface area contributed by atoms with Gasteiger partial charge in [-0.05, 0) is 43.5 Å². The molecule has 0 aliphatic carbocycles. The zero-order valence-corrected chi connectivity index (χ0v) is 16.3. The average molecular weight is 373 g/mol. The van der Waals surface area contributed by atoms with E-state index in [4.69, 9.17) is 16.4 Å². The molecule has 26 heavy (non-hydrogen) atoms. The summed E-state index contributed by atoms with van der Waals surface area (Å²) in [6, 6.07) is 5.46. The van der Waals surface area contributed by atoms with Crippen molar-refractivity contribution >= 4 is 40.1 Å². The van der Waals surface area contributed by atoms with Gasteiger partial charge in [0.1, 0.15) is 0 Å². The second-order valence-corrected chi connectivity index (χ2v) is 6.48. The lowest BCUT2D eigenvalue weighted by molar-refractivity contribution is 0.300. The van der Waals surface area contributed by atoms with Gasteiger partial charge in [-0.15, -0.1) is 0 Å². The standard InChI is InChI=1S/C21H25ClN2O2/c1-5-8-10-15(9-6-2)20-17-13-16(22)11-12-18(17)24-21(25)19(20)14(4)26-23-7-3/h7,10-13H,4-6,8-9H2,1-3H3,(H,24,25)/b15-10+,23-7+. The van der Waals surface area contributed by atoms with Crippen LogP contribution in [-0.2, 0) is 4.84 Å². The molecule has 0 spiro atoms. The molecule has 0 unspecified atom stereocenters. The predicted molar refractivity (Wildman–Crippen MR) is 112 cm³/mol. The molecule has 1 aromatic carbocycles. The van der Waals surface area contributed by atoms with Gasteiger partial charge in [0.25, 0.3) is 5.56 Å². The summed E-state index contributed by atoms with van der Waals surface area (Å²) >= 11 is 6.24. The number of unbranched alkanes of at least 4 members (excludes halogenated alkanes) is 1. The molecule has 1 heterocycles. The molecule has 2 aromatic rings. The zero-order chi connectivity index (χ0) is 19.1. The molecule has 1 N–H and O–H groups in total. The first-order valence-electron chi connectivity index (χ1n) is 8.92. The summed E-state index contributed by atoms with van der Waals surface area (Å²) in [6.45, 7) is 9.91. The zero-order valence-electron chi connectivity index (χ0n) is 15.6. The number of hydrogen-bond acceptors (Lipinski definition) is 3. The average Bonchev–Trinajstić information content (AvgIpc) is 2.62. The second-order valence-electron chi connectivity index (χ2n) is 6.04. The predicted octanol–water partition coefficient (Wildman–Crippen LogP) is 6.16. The SMILES string of the molecule is C=C(O/N=C/C)c1c(/C(=C/CCC)CCC)c2cc(Cl)ccc2[nH]c1=O. The number of nitrogens with zero attached hydrogens (tertiary/aromatic N) is 1. The highest BCUT2D eigenvalue weighted by molar-refractivity contribution is 6.31. The summed E-state index contributed by atoms with van der Waals surface area (Å²) in [5.74, 6) is 0.222. The van der Waals surface area contributed by atoms with Crippen molar-refractivity contribution < 1.29 is 4.84 Å². The second kappa shape index (κ2) is 9.39. The number of H-pyrrole nitrogens is 1. The molecule has 0 aliphatic rings. The molecule has 5 heteroatoms. The highest BCUT2D eigenvalue weighted by atomic mass is 35.5. The summed E-state index contributed by atoms with van der Waals surface area (Å²) in [5, 5.41) is 5.27. The fraction of sp³-hybridized carbons (Fsp3) is 0.333. The van der Waals surface area contributed by atoms with E-state index in [0.717, 1.165) is 47.7 Å². The van der Waals surface area contributed by atoms with Gasteiger partial charge in [-0.2, -0.15) is 0 Å². The molecule has 0 saturated heterocycles. The Hall–Kier alpha value is -2.33. The van der Waals surface area contributed by atoms with E-state index >= 15 is 0 Å². The van der Waals surface area contributed by atoms with Gasteiger partial charge in [0, 0.05) is 27.7 Å². The van der Waals surface area contributed by atoms with Crippen LogP contribution in [0.1, 0.15) is 57.6 Å². The minimum atomic E-state index is -0.246. The molecule has 2 rings (SSSR count). The van der Waals surface area contributed by atoms with Crippen LogP contribution in [0.2, 0.25) is 5.02 Å². The summed E-state index contributed by atoms with van der Waals surface area (Å²) < 4.78 is 0. The number of allylic oxidation sites excluding steroid dienone is 2. The van der Waals surface area contributed by atoms with Gasteiger partial charge in [-0.3, -0.25) is 4.79 Å². The summed E-state index contributed by atoms with van der Waals surface area (Å²) in [4.78, 5) is 21.0. The molecule has 0 amide bonds. The number of rotatable bonds is 8. The highest BCUT2D eigenvalue weighted by Crippen LogP contribution is 2.33. The van der Waals surface area contributed by atoms with Gasteiger partial charge in [-0.25, -0.2) is 0 Å². The first kappa shape index (κ1) is 20.0. The monoisotopic (exact) mass is 372 g/mol. The molecule has 1 aromatic heterocycles. The molecule has 0 saturated carbocycles. The number of aromatic amines is 1. The molecular formula is C21H25ClN2O2. The summed E-state index contributed by atoms with van der Waals surface area (Å²) in [6.07, 6.45) is 7.48. The summed E-state index contributed by atoms with van der Waals surface area (Å²) in [5.41, 5.74) is 2.83. The van der Waals surface area contributed by atoms with Gasteiger partial charge in [-0.1, -0.05) is 56.1 Å². The van der Waals surface area contributed by atoms with Crippen molar-refractivity contribution in [2.45, 2.75) is 46.5 Å². The largest absolute Gasteiger partial charge is 0.357 e. The van der Waals surface area contributed by atoms with E-state index in [1.165, 1.54) is 6.21 Å². The van der Waals surface area contributed by atoms with Crippen LogP contribution in [0.3, 0.4) is 0 Å². The lowest BCUT2D eigenvalue weighted by atomic mass is 9.91. The van der Waals surface area contributed by atoms with Crippen LogP contribution in [0.5, 0.6) is 0 Å². The van der Waals surface area contributed by atoms with Gasteiger partial charge in [0.05, 0.1) is 5.56 Å². The third-order valence-electron chi connectivity index (χ3n) is 4.04. The maximum absolute atomic E-state index is 12.8. The van der Waals surface area contributed by atoms with Crippen molar-refractivity contribution in [2.24, 2.45) is 5.16 Å². The third-order valence-corrected chi connectivity index (χ3v) is 4.28. The van der Waals surface area contributed by atoms with Gasteiger partial charge >= 0.3 is 0 Å². The fourth-order valence-corrected chi connectivity index (χ4v) is 3.12. The van der Waals surface area contributed by atoms with Crippen molar-refractivity contribution in [2.75, 3.05) is 0 Å². The van der Waals surface area contributed by atoms with Crippen molar-refractivity contribution in [3.05, 3.63) is 57.4 Å². The Kier molecular flexibility index (Phi) is 7.22. The van der Waals surface area contributed by atoms with Crippen molar-refractivity contribution in [1.82, 2.24) is 4.98 Å². The van der Waals surface area contributed by atoms with Crippen LogP contribution in [0.15, 0.2) is 40.8 Å². The van der Waals surface area contributed by atoms with Crippen molar-refractivity contribution in [1.29, 1.82) is 0 Å². The van der Waals surface area contributed by atoms with E-state index in [2.05, 4.69) is 36.6 Å². The molecule has 0 bridgehead atoms. The highest BCUT2D eigenvalue weighted by Gasteiger charge is 2.20. The molecule has 0 radical (unpaired) electrons. The Morgan fingerprint density at radius 3 is 2.73 bits per heavy atom. The number of hydrogen-bond donors (Lipinski definition) is 1. The number of oxime groups is 1. The van der Waals surface area contributed by atoms with Crippen molar-refractivity contribution in [3.8, 4) is 0 Å². The maximum Gasteiger partial charge on any atom is 0.260 e. The smallest absolute Gasteiger partial charge is 0.260 e. The van der Waals surface area contributed by atoms with E-state index in [-0.39, 0.29) is 11.3 Å². The van der Waals surface area contributed by atoms with Gasteiger partial charge in [0.2, 0.25) is 0 Å². The van der Waals surface area contributed by atoms with Crippen LogP contribution in [0.4, 0.5) is 0 Å². The topological polar surface area (TPSA) is 54.4 Å². The van der Waals surface area contributed by atoms with Crippen LogP contribution < -0.4 is 5.56 Å². The van der Waals surface area contributed by atoms with Crippen LogP contribution in [-0.4, -0.2) is 11.2 Å². The van der Waals surface area contributed by atoms with Gasteiger partial charge < -0.3 is 9.82 Å². The van der Waals surface area contributed by atoms with E-state index in [9.17, 15) is 4.79 Å². The van der Waals surface area contributed by atoms with Gasteiger partial charge in [0.15, 0.2) is 5.76 Å². The quantitative estimate of drug-likeness (QED) is 0.343. The normalized spacial score (nSPS) is 12.1. The number of nitrogens with one attached hydrogen (secondary N) is 1. The number of fused-ring (bicyclic) bond motifs is 1. The lowest BCUT2D eigenvalue weighted by Crippen LogP contribution is -2.16. The molecule has 0 atom stereocenters. The summed E-state index contributed by atoms with van der Waals surface area (Å²) in [7, 11) is 0. The number of aromatic nitrogens is 1. The number of pyridine rings is 1. The molecule has 138 valence electrons. The minimum absolute atomic E-state index is 0.222. The Morgan fingerprint density at radius 1 is 1.31 bits per heavy atom. The Bertz CT molecular complexity index is 910. The molecule has 4 nitrogen and oxygen atoms in total. The maximum atomic E-state index is 12.8. The van der Waals surface area contributed by atoms with Crippen molar-refractivity contribution in [3.63, 3.8) is 0 Å². The van der Waals surface area contributed by atoms with Crippen LogP contribution in [0.25, 0.3) is 22.2 Å². The van der Waals surface area contributed by atoms with E-state index < -0.39 is 0 Å². The van der Waals surface area contributed by atoms with Crippen LogP contribution >= 0.6 is 11.6 Å². The Balaban J connectivity index is 2.85. The Morgan fingerprint density at radius 2 is 2.08 bits per heavy atom. The first-order chi connectivity index (χ1) is 12.5. The minimum Gasteiger partial charge on any atom is -0.357 e. The van der Waals surface area contributed by atoms with E-state index in [1.807, 2.05) is 12.1 Å². The molecule has 0 aliphatic heterocycles. The molecule has 0 fully saturated rings. The first-order valence-corrected chi connectivity index (χ1v) is 9.30. The molecular weight excluding hydrogens is 348 g/mol. The van der Waals surface area contributed by atoms with E-state index in [0.29, 0.717) is 10.6 Å². The third kappa shape index (κ3) is 4.44. The fourth-order valence-electron chi connectivity index (χ4n) is 2.94. The Labute approximate surface area is 159 Å². The van der Waals surface area contributed by atoms with E-state index in [1.54, 1.807) is 13.0 Å². The number of benzene rings is 1. The number of halogens is 1.